The number of thiazole rings is 1. The molecule has 0 saturated heterocycles. The fourth-order valence-corrected chi connectivity index (χ4v) is 1.95. The Kier molecular flexibility index (Phi) is 3.39. The predicted molar refractivity (Wildman–Crippen MR) is 68.6 cm³/mol. The second-order valence-corrected chi connectivity index (χ2v) is 4.90. The molecule has 0 fully saturated rings. The molecule has 0 aliphatic rings. The number of rotatable bonds is 2. The van der Waals surface area contributed by atoms with Gasteiger partial charge in [0.1, 0.15) is 11.5 Å². The first-order valence-corrected chi connectivity index (χ1v) is 6.21. The number of nitrogen functional groups attached to an aromatic ring is 1. The van der Waals surface area contributed by atoms with Crippen molar-refractivity contribution in [1.29, 1.82) is 0 Å². The molecule has 7 heteroatoms. The van der Waals surface area contributed by atoms with Gasteiger partial charge < -0.3 is 11.1 Å². The Morgan fingerprint density at radius 3 is 2.88 bits per heavy atom. The van der Waals surface area contributed by atoms with Gasteiger partial charge in [0, 0.05) is 11.1 Å². The van der Waals surface area contributed by atoms with Crippen molar-refractivity contribution in [3.05, 3.63) is 39.6 Å². The number of halogens is 2. The number of aromatic nitrogens is 1. The summed E-state index contributed by atoms with van der Waals surface area (Å²) in [6.07, 6.45) is 0. The third kappa shape index (κ3) is 2.80. The van der Waals surface area contributed by atoms with Crippen molar-refractivity contribution in [1.82, 2.24) is 4.98 Å². The number of nitrogens with two attached hydrogens (primary N) is 1. The van der Waals surface area contributed by atoms with Crippen LogP contribution < -0.4 is 11.1 Å². The van der Waals surface area contributed by atoms with Gasteiger partial charge in [-0.15, -0.1) is 11.3 Å². The quantitative estimate of drug-likeness (QED) is 0.895. The Bertz CT molecular complexity index is 572. The number of amides is 1. The molecular weight excluding hydrogens is 309 g/mol. The molecule has 88 valence electrons. The largest absolute Gasteiger partial charge is 0.375 e. The average molecular weight is 316 g/mol. The lowest BCUT2D eigenvalue weighted by atomic mass is 10.3. The summed E-state index contributed by atoms with van der Waals surface area (Å²) in [6, 6.07) is 4.32. The summed E-state index contributed by atoms with van der Waals surface area (Å²) in [5.74, 6) is -0.861. The highest BCUT2D eigenvalue weighted by atomic mass is 79.9. The lowest BCUT2D eigenvalue weighted by Crippen LogP contribution is -2.12. The number of anilines is 2. The molecule has 0 spiro atoms. The average Bonchev–Trinajstić information content (AvgIpc) is 2.70. The minimum atomic E-state index is -0.444. The molecule has 0 saturated carbocycles. The summed E-state index contributed by atoms with van der Waals surface area (Å²) < 4.78 is 13.5. The molecule has 1 aromatic carbocycles. The molecule has 0 atom stereocenters. The number of carbonyl (C=O) groups excluding carboxylic acids is 1. The molecule has 1 heterocycles. The maximum atomic E-state index is 13.2. The van der Waals surface area contributed by atoms with E-state index in [1.165, 1.54) is 23.5 Å². The van der Waals surface area contributed by atoms with Gasteiger partial charge in [-0.3, -0.25) is 4.79 Å². The van der Waals surface area contributed by atoms with Crippen LogP contribution in [0.5, 0.6) is 0 Å². The van der Waals surface area contributed by atoms with Gasteiger partial charge in [-0.2, -0.15) is 0 Å². The molecule has 0 aliphatic heterocycles. The maximum absolute atomic E-state index is 13.2. The van der Waals surface area contributed by atoms with Gasteiger partial charge in [-0.1, -0.05) is 0 Å². The van der Waals surface area contributed by atoms with Gasteiger partial charge in [0.2, 0.25) is 0 Å². The molecule has 1 amide bonds. The van der Waals surface area contributed by atoms with Crippen LogP contribution in [0, 0.1) is 5.82 Å². The van der Waals surface area contributed by atoms with Gasteiger partial charge >= 0.3 is 0 Å². The fourth-order valence-electron chi connectivity index (χ4n) is 1.16. The highest BCUT2D eigenvalue weighted by molar-refractivity contribution is 9.10. The molecule has 0 bridgehead atoms. The smallest absolute Gasteiger partial charge is 0.275 e. The van der Waals surface area contributed by atoms with Crippen LogP contribution in [-0.2, 0) is 0 Å². The molecule has 0 aliphatic carbocycles. The topological polar surface area (TPSA) is 68.0 Å². The van der Waals surface area contributed by atoms with Crippen molar-refractivity contribution in [2.75, 3.05) is 11.1 Å². The summed E-state index contributed by atoms with van der Waals surface area (Å²) in [4.78, 5) is 15.5. The Balaban J connectivity index is 2.15. The zero-order chi connectivity index (χ0) is 12.4. The summed E-state index contributed by atoms with van der Waals surface area (Å²) in [5, 5.41) is 4.39. The second kappa shape index (κ2) is 4.80. The van der Waals surface area contributed by atoms with Crippen LogP contribution >= 0.6 is 27.3 Å². The van der Waals surface area contributed by atoms with E-state index in [-0.39, 0.29) is 5.69 Å². The van der Waals surface area contributed by atoms with E-state index >= 15 is 0 Å². The monoisotopic (exact) mass is 315 g/mol. The highest BCUT2D eigenvalue weighted by Gasteiger charge is 2.10. The van der Waals surface area contributed by atoms with Crippen molar-refractivity contribution >= 4 is 44.0 Å². The first-order chi connectivity index (χ1) is 8.06. The van der Waals surface area contributed by atoms with Crippen molar-refractivity contribution in [3.63, 3.8) is 0 Å². The van der Waals surface area contributed by atoms with E-state index in [4.69, 9.17) is 5.73 Å². The number of nitrogens with one attached hydrogen (secondary N) is 1. The number of carbonyl (C=O) groups is 1. The van der Waals surface area contributed by atoms with Crippen LogP contribution in [0.1, 0.15) is 10.5 Å². The van der Waals surface area contributed by atoms with Crippen molar-refractivity contribution < 1.29 is 9.18 Å². The third-order valence-electron chi connectivity index (χ3n) is 1.93. The van der Waals surface area contributed by atoms with Gasteiger partial charge in [-0.25, -0.2) is 9.37 Å². The standard InChI is InChI=1S/C10H7BrFN3OS/c11-6-2-1-5(3-7(6)12)14-9(16)8-4-17-10(13)15-8/h1-4H,(H2,13,15)(H,14,16). The lowest BCUT2D eigenvalue weighted by Gasteiger charge is -2.03. The van der Waals surface area contributed by atoms with E-state index in [0.717, 1.165) is 0 Å². The number of hydrogen-bond donors (Lipinski definition) is 2. The molecule has 17 heavy (non-hydrogen) atoms. The van der Waals surface area contributed by atoms with Crippen LogP contribution in [0.15, 0.2) is 28.1 Å². The van der Waals surface area contributed by atoms with Crippen LogP contribution in [0.4, 0.5) is 15.2 Å². The van der Waals surface area contributed by atoms with Crippen molar-refractivity contribution in [3.8, 4) is 0 Å². The highest BCUT2D eigenvalue weighted by Crippen LogP contribution is 2.20. The van der Waals surface area contributed by atoms with E-state index in [0.29, 0.717) is 15.3 Å². The maximum Gasteiger partial charge on any atom is 0.275 e. The van der Waals surface area contributed by atoms with E-state index in [1.807, 2.05) is 0 Å². The zero-order valence-corrected chi connectivity index (χ0v) is 10.8. The second-order valence-electron chi connectivity index (χ2n) is 3.15. The van der Waals surface area contributed by atoms with Crippen LogP contribution in [0.25, 0.3) is 0 Å². The SMILES string of the molecule is Nc1nc(C(=O)Nc2ccc(Br)c(F)c2)cs1. The Morgan fingerprint density at radius 2 is 2.29 bits per heavy atom. The van der Waals surface area contributed by atoms with Gasteiger partial charge in [0.15, 0.2) is 5.13 Å². The van der Waals surface area contributed by atoms with Gasteiger partial charge in [0.05, 0.1) is 4.47 Å². The minimum Gasteiger partial charge on any atom is -0.375 e. The van der Waals surface area contributed by atoms with E-state index in [9.17, 15) is 9.18 Å². The number of hydrogen-bond acceptors (Lipinski definition) is 4. The molecule has 0 radical (unpaired) electrons. The molecular formula is C10H7BrFN3OS. The molecule has 2 aromatic rings. The summed E-state index contributed by atoms with van der Waals surface area (Å²) >= 11 is 4.20. The third-order valence-corrected chi connectivity index (χ3v) is 3.25. The van der Waals surface area contributed by atoms with E-state index in [1.54, 1.807) is 11.4 Å². The first kappa shape index (κ1) is 12.0. The molecule has 2 rings (SSSR count). The Hall–Kier alpha value is -1.47. The van der Waals surface area contributed by atoms with Crippen LogP contribution in [-0.4, -0.2) is 10.9 Å². The predicted octanol–water partition coefficient (Wildman–Crippen LogP) is 2.88. The Labute approximate surface area is 109 Å². The van der Waals surface area contributed by atoms with Crippen molar-refractivity contribution in [2.45, 2.75) is 0 Å². The van der Waals surface area contributed by atoms with E-state index in [2.05, 4.69) is 26.2 Å². The Morgan fingerprint density at radius 1 is 1.53 bits per heavy atom. The normalized spacial score (nSPS) is 10.2. The van der Waals surface area contributed by atoms with Gasteiger partial charge in [0.25, 0.3) is 5.91 Å². The van der Waals surface area contributed by atoms with E-state index < -0.39 is 11.7 Å². The summed E-state index contributed by atoms with van der Waals surface area (Å²) in [7, 11) is 0. The molecule has 1 aromatic heterocycles. The summed E-state index contributed by atoms with van der Waals surface area (Å²) in [5.41, 5.74) is 6.00. The minimum absolute atomic E-state index is 0.218. The first-order valence-electron chi connectivity index (χ1n) is 4.53. The zero-order valence-electron chi connectivity index (χ0n) is 8.41. The van der Waals surface area contributed by atoms with Crippen LogP contribution in [0.2, 0.25) is 0 Å². The lowest BCUT2D eigenvalue weighted by molar-refractivity contribution is 0.102. The number of benzene rings is 1. The summed E-state index contributed by atoms with van der Waals surface area (Å²) in [6.45, 7) is 0. The van der Waals surface area contributed by atoms with Gasteiger partial charge in [-0.05, 0) is 34.1 Å². The molecule has 0 unspecified atom stereocenters. The fraction of sp³-hybridized carbons (Fsp3) is 0. The molecule has 3 N–H and O–H groups in total. The van der Waals surface area contributed by atoms with Crippen LogP contribution in [0.3, 0.4) is 0 Å². The number of nitrogens with zero attached hydrogens (tertiary/aromatic N) is 1. The molecule has 4 nitrogen and oxygen atoms in total. The van der Waals surface area contributed by atoms with Crippen molar-refractivity contribution in [2.24, 2.45) is 0 Å².